The summed E-state index contributed by atoms with van der Waals surface area (Å²) < 4.78 is 41.5. The molecule has 0 bridgehead atoms. The summed E-state index contributed by atoms with van der Waals surface area (Å²) in [4.78, 5) is 13.3. The molecular weight excluding hydrogens is 365 g/mol. The Kier molecular flexibility index (Phi) is 4.38. The van der Waals surface area contributed by atoms with Crippen LogP contribution in [-0.2, 0) is 27.7 Å². The maximum absolute atomic E-state index is 13.1. The van der Waals surface area contributed by atoms with E-state index in [9.17, 15) is 17.6 Å². The molecule has 0 unspecified atom stereocenters. The third-order valence-electron chi connectivity index (χ3n) is 5.11. The zero-order chi connectivity index (χ0) is 17.8. The minimum absolute atomic E-state index is 0.0103. The number of aryl methyl sites for hydroxylation is 1. The van der Waals surface area contributed by atoms with Gasteiger partial charge >= 0.3 is 0 Å². The van der Waals surface area contributed by atoms with Crippen molar-refractivity contribution >= 4 is 32.3 Å². The highest BCUT2D eigenvalue weighted by Crippen LogP contribution is 2.42. The Hall–Kier alpha value is -1.03. The van der Waals surface area contributed by atoms with Gasteiger partial charge in [0.25, 0.3) is 0 Å². The topological polar surface area (TPSA) is 101 Å². The van der Waals surface area contributed by atoms with Crippen LogP contribution in [0.25, 0.3) is 0 Å². The molecule has 0 aliphatic heterocycles. The van der Waals surface area contributed by atoms with Crippen molar-refractivity contribution in [1.82, 2.24) is 4.72 Å². The first kappa shape index (κ1) is 17.4. The zero-order valence-corrected chi connectivity index (χ0v) is 15.4. The lowest BCUT2D eigenvalue weighted by molar-refractivity contribution is -0.117. The van der Waals surface area contributed by atoms with E-state index in [4.69, 9.17) is 5.73 Å². The van der Waals surface area contributed by atoms with E-state index in [1.165, 1.54) is 11.3 Å². The fourth-order valence-electron chi connectivity index (χ4n) is 3.43. The van der Waals surface area contributed by atoms with E-state index in [-0.39, 0.29) is 41.6 Å². The second-order valence-corrected chi connectivity index (χ2v) is 10.1. The smallest absolute Gasteiger partial charge is 0.244 e. The Morgan fingerprint density at radius 3 is 2.60 bits per heavy atom. The van der Waals surface area contributed by atoms with Gasteiger partial charge in [0.1, 0.15) is 16.1 Å². The Balaban J connectivity index is 1.67. The van der Waals surface area contributed by atoms with Gasteiger partial charge in [-0.3, -0.25) is 4.79 Å². The summed E-state index contributed by atoms with van der Waals surface area (Å²) >= 11 is 1.34. The molecule has 1 aromatic rings. The minimum atomic E-state index is -3.82. The molecule has 0 spiro atoms. The van der Waals surface area contributed by atoms with Crippen molar-refractivity contribution in [2.75, 3.05) is 5.32 Å². The highest BCUT2D eigenvalue weighted by Gasteiger charge is 2.38. The highest BCUT2D eigenvalue weighted by molar-refractivity contribution is 7.90. The fourth-order valence-corrected chi connectivity index (χ4v) is 6.67. The van der Waals surface area contributed by atoms with Gasteiger partial charge in [-0.05, 0) is 50.5 Å². The van der Waals surface area contributed by atoms with Crippen LogP contribution < -0.4 is 15.8 Å². The summed E-state index contributed by atoms with van der Waals surface area (Å²) in [5, 5.41) is 3.20. The van der Waals surface area contributed by atoms with Gasteiger partial charge in [-0.15, -0.1) is 11.3 Å². The van der Waals surface area contributed by atoms with Crippen molar-refractivity contribution in [3.05, 3.63) is 10.4 Å². The molecule has 3 aliphatic rings. The first-order valence-electron chi connectivity index (χ1n) is 8.71. The lowest BCUT2D eigenvalue weighted by atomic mass is 9.92. The maximum Gasteiger partial charge on any atom is 0.244 e. The monoisotopic (exact) mass is 387 g/mol. The first-order valence-corrected chi connectivity index (χ1v) is 11.0. The number of carbonyl (C=O) groups is 1. The molecule has 0 aromatic carbocycles. The Morgan fingerprint density at radius 2 is 1.96 bits per heavy atom. The van der Waals surface area contributed by atoms with E-state index in [0.29, 0.717) is 11.4 Å². The number of anilines is 1. The molecule has 1 amide bonds. The Labute approximate surface area is 150 Å². The van der Waals surface area contributed by atoms with Crippen molar-refractivity contribution < 1.29 is 17.6 Å². The molecule has 3 aliphatic carbocycles. The Morgan fingerprint density at radius 1 is 1.24 bits per heavy atom. The standard InChI is InChI=1S/C16H22FN3O3S2/c17-9-5-11(6-9)20-25(22,23)14-12-7-10(18)3-4-13(12)24-16(14)19-15(21)8-1-2-8/h8-11,20H,1-7,18H2,(H,19,21)/t9-,10-,11+/m0/s1. The van der Waals surface area contributed by atoms with Crippen molar-refractivity contribution in [3.8, 4) is 0 Å². The lowest BCUT2D eigenvalue weighted by Gasteiger charge is -2.30. The summed E-state index contributed by atoms with van der Waals surface area (Å²) in [6.45, 7) is 0. The molecule has 4 rings (SSSR count). The molecule has 4 N–H and O–H groups in total. The normalized spacial score (nSPS) is 29.0. The average Bonchev–Trinajstić information content (AvgIpc) is 3.27. The molecule has 138 valence electrons. The number of rotatable bonds is 5. The van der Waals surface area contributed by atoms with Crippen LogP contribution in [0.2, 0.25) is 0 Å². The van der Waals surface area contributed by atoms with Crippen molar-refractivity contribution in [1.29, 1.82) is 0 Å². The van der Waals surface area contributed by atoms with Crippen LogP contribution in [0.5, 0.6) is 0 Å². The van der Waals surface area contributed by atoms with Crippen LogP contribution in [0, 0.1) is 5.92 Å². The summed E-state index contributed by atoms with van der Waals surface area (Å²) in [6.07, 6.45) is 3.18. The van der Waals surface area contributed by atoms with Crippen molar-refractivity contribution in [2.24, 2.45) is 11.7 Å². The predicted octanol–water partition coefficient (Wildman–Crippen LogP) is 1.69. The quantitative estimate of drug-likeness (QED) is 0.716. The summed E-state index contributed by atoms with van der Waals surface area (Å²) in [5.74, 6) is -0.129. The molecule has 1 atom stereocenters. The van der Waals surface area contributed by atoms with Crippen LogP contribution in [0.15, 0.2) is 4.90 Å². The molecule has 25 heavy (non-hydrogen) atoms. The molecule has 2 saturated carbocycles. The van der Waals surface area contributed by atoms with Gasteiger partial charge in [0.2, 0.25) is 15.9 Å². The van der Waals surface area contributed by atoms with E-state index >= 15 is 0 Å². The van der Waals surface area contributed by atoms with E-state index in [2.05, 4.69) is 10.0 Å². The number of halogens is 1. The molecule has 1 heterocycles. The van der Waals surface area contributed by atoms with Gasteiger partial charge in [-0.2, -0.15) is 0 Å². The lowest BCUT2D eigenvalue weighted by Crippen LogP contribution is -2.45. The number of alkyl halides is 1. The van der Waals surface area contributed by atoms with Crippen LogP contribution in [0.1, 0.15) is 42.5 Å². The number of hydrogen-bond acceptors (Lipinski definition) is 5. The largest absolute Gasteiger partial charge is 0.327 e. The number of hydrogen-bond donors (Lipinski definition) is 3. The number of nitrogens with two attached hydrogens (primary N) is 1. The third kappa shape index (κ3) is 3.47. The number of sulfonamides is 1. The van der Waals surface area contributed by atoms with Gasteiger partial charge < -0.3 is 11.1 Å². The number of carbonyl (C=O) groups excluding carboxylic acids is 1. The first-order chi connectivity index (χ1) is 11.8. The van der Waals surface area contributed by atoms with Crippen LogP contribution >= 0.6 is 11.3 Å². The van der Waals surface area contributed by atoms with Crippen molar-refractivity contribution in [3.63, 3.8) is 0 Å². The van der Waals surface area contributed by atoms with E-state index in [1.54, 1.807) is 0 Å². The SMILES string of the molecule is N[C@H]1CCc2sc(NC(=O)C3CC3)c(S(=O)(=O)N[C@H]3C[C@@H](F)C3)c2C1. The minimum Gasteiger partial charge on any atom is -0.327 e. The van der Waals surface area contributed by atoms with Crippen molar-refractivity contribution in [2.45, 2.75) is 68.1 Å². The maximum atomic E-state index is 13.1. The second kappa shape index (κ2) is 6.29. The fraction of sp³-hybridized carbons (Fsp3) is 0.688. The molecule has 0 saturated heterocycles. The van der Waals surface area contributed by atoms with E-state index < -0.39 is 16.2 Å². The summed E-state index contributed by atoms with van der Waals surface area (Å²) in [7, 11) is -3.82. The number of thiophene rings is 1. The number of amides is 1. The second-order valence-electron chi connectivity index (χ2n) is 7.32. The number of nitrogens with one attached hydrogen (secondary N) is 2. The van der Waals surface area contributed by atoms with Gasteiger partial charge in [-0.25, -0.2) is 17.5 Å². The van der Waals surface area contributed by atoms with Crippen LogP contribution in [0.4, 0.5) is 9.39 Å². The molecule has 2 fully saturated rings. The highest BCUT2D eigenvalue weighted by atomic mass is 32.2. The van der Waals surface area contributed by atoms with Crippen LogP contribution in [-0.4, -0.2) is 32.6 Å². The third-order valence-corrected chi connectivity index (χ3v) is 8.07. The molecule has 1 aromatic heterocycles. The summed E-state index contributed by atoms with van der Waals surface area (Å²) in [5.41, 5.74) is 6.76. The number of fused-ring (bicyclic) bond motifs is 1. The van der Waals surface area contributed by atoms with E-state index in [0.717, 1.165) is 36.1 Å². The molecule has 0 radical (unpaired) electrons. The molecule has 6 nitrogen and oxygen atoms in total. The van der Waals surface area contributed by atoms with Gasteiger partial charge in [0, 0.05) is 22.9 Å². The van der Waals surface area contributed by atoms with E-state index in [1.807, 2.05) is 0 Å². The van der Waals surface area contributed by atoms with Gasteiger partial charge in [0.05, 0.1) is 0 Å². The molecular formula is C16H22FN3O3S2. The Bertz CT molecular complexity index is 798. The molecule has 9 heteroatoms. The average molecular weight is 388 g/mol. The van der Waals surface area contributed by atoms with Gasteiger partial charge in [0.15, 0.2) is 0 Å². The summed E-state index contributed by atoms with van der Waals surface area (Å²) in [6, 6.07) is -0.457. The predicted molar refractivity (Wildman–Crippen MR) is 93.9 cm³/mol. The zero-order valence-electron chi connectivity index (χ0n) is 13.8. The van der Waals surface area contributed by atoms with Gasteiger partial charge in [-0.1, -0.05) is 0 Å². The van der Waals surface area contributed by atoms with Crippen LogP contribution in [0.3, 0.4) is 0 Å².